The van der Waals surface area contributed by atoms with Crippen molar-refractivity contribution in [2.75, 3.05) is 13.1 Å². The van der Waals surface area contributed by atoms with E-state index in [9.17, 15) is 13.2 Å². The van der Waals surface area contributed by atoms with E-state index >= 15 is 0 Å². The van der Waals surface area contributed by atoms with E-state index in [1.807, 2.05) is 6.92 Å². The van der Waals surface area contributed by atoms with Crippen LogP contribution in [0, 0.1) is 0 Å². The number of hydrogen-bond donors (Lipinski definition) is 2. The standard InChI is InChI=1S/C15H22F3N3.HI/c1-3-5-10-20-14(19-4-2)21-11-12-6-8-13(9-7-12)15(16,17)18;/h6-9H,3-5,10-11H2,1-2H3,(H2,19,20,21);1H. The van der Waals surface area contributed by atoms with Gasteiger partial charge in [0.15, 0.2) is 5.96 Å². The maximum absolute atomic E-state index is 12.5. The molecule has 0 unspecified atom stereocenters. The molecular weight excluding hydrogens is 406 g/mol. The van der Waals surface area contributed by atoms with Gasteiger partial charge in [-0.3, -0.25) is 0 Å². The first-order valence-corrected chi connectivity index (χ1v) is 7.15. The van der Waals surface area contributed by atoms with E-state index in [0.717, 1.165) is 43.6 Å². The number of benzene rings is 1. The summed E-state index contributed by atoms with van der Waals surface area (Å²) in [7, 11) is 0. The molecule has 3 nitrogen and oxygen atoms in total. The Bertz CT molecular complexity index is 444. The van der Waals surface area contributed by atoms with Crippen LogP contribution in [0.4, 0.5) is 13.2 Å². The number of nitrogens with one attached hydrogen (secondary N) is 2. The second-order valence-electron chi connectivity index (χ2n) is 4.67. The summed E-state index contributed by atoms with van der Waals surface area (Å²) < 4.78 is 37.4. The van der Waals surface area contributed by atoms with Crippen LogP contribution in [0.1, 0.15) is 37.8 Å². The molecule has 0 saturated heterocycles. The van der Waals surface area contributed by atoms with Crippen molar-refractivity contribution in [3.63, 3.8) is 0 Å². The number of aliphatic imine (C=N–C) groups is 1. The lowest BCUT2D eigenvalue weighted by molar-refractivity contribution is -0.137. The molecule has 0 amide bonds. The predicted molar refractivity (Wildman–Crippen MR) is 94.6 cm³/mol. The normalized spacial score (nSPS) is 11.8. The molecule has 0 aliphatic rings. The molecule has 0 aromatic heterocycles. The molecule has 1 aromatic carbocycles. The van der Waals surface area contributed by atoms with E-state index < -0.39 is 11.7 Å². The number of alkyl halides is 3. The highest BCUT2D eigenvalue weighted by Gasteiger charge is 2.29. The molecule has 2 N–H and O–H groups in total. The first-order valence-electron chi connectivity index (χ1n) is 7.15. The summed E-state index contributed by atoms with van der Waals surface area (Å²) in [6.45, 7) is 5.99. The maximum Gasteiger partial charge on any atom is 0.416 e. The molecule has 7 heteroatoms. The average molecular weight is 429 g/mol. The van der Waals surface area contributed by atoms with Gasteiger partial charge < -0.3 is 10.6 Å². The van der Waals surface area contributed by atoms with Gasteiger partial charge in [0.2, 0.25) is 0 Å². The van der Waals surface area contributed by atoms with E-state index in [0.29, 0.717) is 12.5 Å². The van der Waals surface area contributed by atoms with Gasteiger partial charge in [0.25, 0.3) is 0 Å². The van der Waals surface area contributed by atoms with Crippen molar-refractivity contribution in [2.45, 2.75) is 39.4 Å². The molecule has 0 aliphatic carbocycles. The van der Waals surface area contributed by atoms with Crippen LogP contribution >= 0.6 is 24.0 Å². The summed E-state index contributed by atoms with van der Waals surface area (Å²) in [5.74, 6) is 0.686. The second-order valence-corrected chi connectivity index (χ2v) is 4.67. The van der Waals surface area contributed by atoms with Crippen molar-refractivity contribution in [2.24, 2.45) is 4.99 Å². The van der Waals surface area contributed by atoms with Crippen molar-refractivity contribution >= 4 is 29.9 Å². The molecule has 0 bridgehead atoms. The van der Waals surface area contributed by atoms with Gasteiger partial charge >= 0.3 is 6.18 Å². The third kappa shape index (κ3) is 7.86. The third-order valence-electron chi connectivity index (χ3n) is 2.87. The van der Waals surface area contributed by atoms with Gasteiger partial charge in [-0.2, -0.15) is 13.2 Å². The highest BCUT2D eigenvalue weighted by atomic mass is 127. The van der Waals surface area contributed by atoms with Gasteiger partial charge in [-0.15, -0.1) is 24.0 Å². The van der Waals surface area contributed by atoms with Crippen LogP contribution in [0.3, 0.4) is 0 Å². The number of halogens is 4. The Morgan fingerprint density at radius 1 is 1.09 bits per heavy atom. The summed E-state index contributed by atoms with van der Waals surface area (Å²) in [4.78, 5) is 4.36. The van der Waals surface area contributed by atoms with Crippen molar-refractivity contribution in [3.8, 4) is 0 Å². The lowest BCUT2D eigenvalue weighted by atomic mass is 10.1. The van der Waals surface area contributed by atoms with E-state index in [2.05, 4.69) is 22.5 Å². The second kappa shape index (κ2) is 10.7. The molecule has 0 atom stereocenters. The Hall–Kier alpha value is -0.990. The van der Waals surface area contributed by atoms with Gasteiger partial charge in [0.05, 0.1) is 12.1 Å². The summed E-state index contributed by atoms with van der Waals surface area (Å²) in [5, 5.41) is 6.29. The smallest absolute Gasteiger partial charge is 0.357 e. The highest BCUT2D eigenvalue weighted by Crippen LogP contribution is 2.29. The Kier molecular flexibility index (Phi) is 10.2. The lowest BCUT2D eigenvalue weighted by Crippen LogP contribution is -2.37. The van der Waals surface area contributed by atoms with Crippen molar-refractivity contribution in [3.05, 3.63) is 35.4 Å². The number of hydrogen-bond acceptors (Lipinski definition) is 1. The SMILES string of the molecule is CCCCNC(=NCc1ccc(C(F)(F)F)cc1)NCC.I. The summed E-state index contributed by atoms with van der Waals surface area (Å²) >= 11 is 0. The molecule has 1 rings (SSSR count). The van der Waals surface area contributed by atoms with Gasteiger partial charge in [-0.25, -0.2) is 4.99 Å². The van der Waals surface area contributed by atoms with Crippen LogP contribution in [0.5, 0.6) is 0 Å². The minimum absolute atomic E-state index is 0. The summed E-state index contributed by atoms with van der Waals surface area (Å²) in [5.41, 5.74) is 0.110. The fourth-order valence-electron chi connectivity index (χ4n) is 1.69. The molecule has 126 valence electrons. The van der Waals surface area contributed by atoms with Crippen LogP contribution in [0.15, 0.2) is 29.3 Å². The molecule has 0 saturated carbocycles. The summed E-state index contributed by atoms with van der Waals surface area (Å²) in [6, 6.07) is 5.09. The lowest BCUT2D eigenvalue weighted by Gasteiger charge is -2.11. The fraction of sp³-hybridized carbons (Fsp3) is 0.533. The zero-order valence-electron chi connectivity index (χ0n) is 12.8. The minimum Gasteiger partial charge on any atom is -0.357 e. The molecule has 0 spiro atoms. The van der Waals surface area contributed by atoms with Gasteiger partial charge in [-0.1, -0.05) is 25.5 Å². The monoisotopic (exact) mass is 429 g/mol. The maximum atomic E-state index is 12.5. The van der Waals surface area contributed by atoms with Crippen molar-refractivity contribution < 1.29 is 13.2 Å². The Morgan fingerprint density at radius 2 is 1.73 bits per heavy atom. The molecule has 0 fully saturated rings. The molecule has 1 aromatic rings. The van der Waals surface area contributed by atoms with Crippen molar-refractivity contribution in [1.29, 1.82) is 0 Å². The zero-order chi connectivity index (χ0) is 15.7. The number of guanidine groups is 1. The van der Waals surface area contributed by atoms with E-state index in [1.165, 1.54) is 12.1 Å². The van der Waals surface area contributed by atoms with E-state index in [4.69, 9.17) is 0 Å². The van der Waals surface area contributed by atoms with Gasteiger partial charge in [0.1, 0.15) is 0 Å². The first-order chi connectivity index (χ1) is 9.97. The van der Waals surface area contributed by atoms with Crippen LogP contribution in [-0.2, 0) is 12.7 Å². The number of rotatable bonds is 6. The van der Waals surface area contributed by atoms with Crippen molar-refractivity contribution in [1.82, 2.24) is 10.6 Å². The van der Waals surface area contributed by atoms with Crippen LogP contribution in [0.25, 0.3) is 0 Å². The van der Waals surface area contributed by atoms with Crippen LogP contribution < -0.4 is 10.6 Å². The minimum atomic E-state index is -4.29. The van der Waals surface area contributed by atoms with E-state index in [-0.39, 0.29) is 24.0 Å². The Morgan fingerprint density at radius 3 is 2.23 bits per heavy atom. The van der Waals surface area contributed by atoms with Crippen LogP contribution in [-0.4, -0.2) is 19.0 Å². The first kappa shape index (κ1) is 21.0. The largest absolute Gasteiger partial charge is 0.416 e. The highest BCUT2D eigenvalue weighted by molar-refractivity contribution is 14.0. The molecule has 0 heterocycles. The van der Waals surface area contributed by atoms with Crippen LogP contribution in [0.2, 0.25) is 0 Å². The Balaban J connectivity index is 0.00000441. The average Bonchev–Trinajstić information content (AvgIpc) is 2.44. The Labute approximate surface area is 146 Å². The quantitative estimate of drug-likeness (QED) is 0.308. The number of unbranched alkanes of at least 4 members (excludes halogenated alkanes) is 1. The van der Waals surface area contributed by atoms with Gasteiger partial charge in [0, 0.05) is 13.1 Å². The van der Waals surface area contributed by atoms with Gasteiger partial charge in [-0.05, 0) is 31.0 Å². The van der Waals surface area contributed by atoms with E-state index in [1.54, 1.807) is 0 Å². The third-order valence-corrected chi connectivity index (χ3v) is 2.87. The number of nitrogens with zero attached hydrogens (tertiary/aromatic N) is 1. The fourth-order valence-corrected chi connectivity index (χ4v) is 1.69. The molecule has 0 aliphatic heterocycles. The topological polar surface area (TPSA) is 36.4 Å². The molecule has 0 radical (unpaired) electrons. The summed E-state index contributed by atoms with van der Waals surface area (Å²) in [6.07, 6.45) is -2.16. The zero-order valence-corrected chi connectivity index (χ0v) is 15.2. The molecule has 22 heavy (non-hydrogen) atoms. The molecular formula is C15H23F3IN3. The predicted octanol–water partition coefficient (Wildman–Crippen LogP) is 4.18.